The average molecular weight is 361 g/mol. The first-order chi connectivity index (χ1) is 13.2. The molecule has 0 aliphatic heterocycles. The number of rotatable bonds is 6. The van der Waals surface area contributed by atoms with Crippen molar-refractivity contribution in [3.05, 3.63) is 77.6 Å². The van der Waals surface area contributed by atoms with Crippen LogP contribution in [-0.4, -0.2) is 22.8 Å². The largest absolute Gasteiger partial charge is 0.496 e. The van der Waals surface area contributed by atoms with Gasteiger partial charge in [-0.05, 0) is 44.0 Å². The first kappa shape index (κ1) is 17.3. The number of ether oxygens (including phenoxy) is 1. The predicted octanol–water partition coefficient (Wildman–Crippen LogP) is 4.25. The maximum atomic E-state index is 13.1. The number of hydrogen-bond acceptors (Lipinski definition) is 3. The fraction of sp³-hybridized carbons (Fsp3) is 0.273. The van der Waals surface area contributed by atoms with E-state index in [0.717, 1.165) is 35.5 Å². The number of methoxy groups -OCH3 is 1. The van der Waals surface area contributed by atoms with Gasteiger partial charge < -0.3 is 10.1 Å². The average Bonchev–Trinajstić information content (AvgIpc) is 3.46. The van der Waals surface area contributed by atoms with Gasteiger partial charge in [-0.15, -0.1) is 0 Å². The van der Waals surface area contributed by atoms with Gasteiger partial charge in [-0.3, -0.25) is 4.79 Å². The molecule has 1 aromatic heterocycles. The number of carbonyl (C=O) groups excluding carboxylic acids is 1. The predicted molar refractivity (Wildman–Crippen MR) is 104 cm³/mol. The number of amides is 1. The van der Waals surface area contributed by atoms with Crippen molar-refractivity contribution in [3.63, 3.8) is 0 Å². The minimum atomic E-state index is -0.183. The Labute approximate surface area is 159 Å². The maximum Gasteiger partial charge on any atom is 0.270 e. The Hall–Kier alpha value is -3.08. The summed E-state index contributed by atoms with van der Waals surface area (Å²) in [6.07, 6.45) is 2.29. The summed E-state index contributed by atoms with van der Waals surface area (Å²) in [6, 6.07) is 19.3. The zero-order valence-corrected chi connectivity index (χ0v) is 15.6. The molecule has 5 heteroatoms. The fourth-order valence-electron chi connectivity index (χ4n) is 3.28. The van der Waals surface area contributed by atoms with Gasteiger partial charge in [0.25, 0.3) is 5.91 Å². The van der Waals surface area contributed by atoms with Crippen molar-refractivity contribution < 1.29 is 9.53 Å². The second-order valence-electron chi connectivity index (χ2n) is 6.91. The summed E-state index contributed by atoms with van der Waals surface area (Å²) < 4.78 is 7.17. The Bertz CT molecular complexity index is 945. The number of carbonyl (C=O) groups is 1. The summed E-state index contributed by atoms with van der Waals surface area (Å²) in [5.74, 6) is 1.10. The Morgan fingerprint density at radius 3 is 2.56 bits per heavy atom. The lowest BCUT2D eigenvalue weighted by Gasteiger charge is -2.17. The molecule has 1 N–H and O–H groups in total. The molecule has 4 rings (SSSR count). The van der Waals surface area contributed by atoms with Gasteiger partial charge in [-0.1, -0.05) is 36.4 Å². The third-order valence-corrected chi connectivity index (χ3v) is 4.91. The van der Waals surface area contributed by atoms with Crippen LogP contribution in [0.2, 0.25) is 0 Å². The molecule has 0 saturated heterocycles. The number of nitrogens with one attached hydrogen (secondary N) is 1. The van der Waals surface area contributed by atoms with Gasteiger partial charge in [0, 0.05) is 11.5 Å². The van der Waals surface area contributed by atoms with Gasteiger partial charge in [0.2, 0.25) is 0 Å². The molecule has 27 heavy (non-hydrogen) atoms. The minimum Gasteiger partial charge on any atom is -0.496 e. The second kappa shape index (κ2) is 7.27. The second-order valence-corrected chi connectivity index (χ2v) is 6.91. The fourth-order valence-corrected chi connectivity index (χ4v) is 3.28. The van der Waals surface area contributed by atoms with Crippen molar-refractivity contribution in [1.82, 2.24) is 15.1 Å². The van der Waals surface area contributed by atoms with Crippen molar-refractivity contribution in [1.29, 1.82) is 0 Å². The molecule has 1 aliphatic carbocycles. The van der Waals surface area contributed by atoms with Crippen molar-refractivity contribution in [2.24, 2.45) is 0 Å². The molecule has 1 saturated carbocycles. The molecule has 1 unspecified atom stereocenters. The van der Waals surface area contributed by atoms with Gasteiger partial charge in [0.15, 0.2) is 0 Å². The van der Waals surface area contributed by atoms with Crippen LogP contribution in [0.15, 0.2) is 60.7 Å². The van der Waals surface area contributed by atoms with Crippen LogP contribution in [0.1, 0.15) is 53.5 Å². The van der Waals surface area contributed by atoms with E-state index in [1.165, 1.54) is 0 Å². The molecule has 1 aliphatic rings. The summed E-state index contributed by atoms with van der Waals surface area (Å²) in [4.78, 5) is 13.1. The number of nitrogens with zero attached hydrogens (tertiary/aromatic N) is 2. The van der Waals surface area contributed by atoms with Crippen molar-refractivity contribution >= 4 is 5.91 Å². The molecule has 0 bridgehead atoms. The van der Waals surface area contributed by atoms with Crippen molar-refractivity contribution in [2.75, 3.05) is 7.11 Å². The molecular weight excluding hydrogens is 338 g/mol. The summed E-state index contributed by atoms with van der Waals surface area (Å²) in [5.41, 5.74) is 3.39. The highest BCUT2D eigenvalue weighted by atomic mass is 16.5. The van der Waals surface area contributed by atoms with Gasteiger partial charge >= 0.3 is 0 Å². The molecule has 1 heterocycles. The van der Waals surface area contributed by atoms with E-state index in [4.69, 9.17) is 9.84 Å². The lowest BCUT2D eigenvalue weighted by molar-refractivity contribution is 0.0931. The lowest BCUT2D eigenvalue weighted by atomic mass is 10.1. The quantitative estimate of drug-likeness (QED) is 0.714. The molecular formula is C22H23N3O2. The monoisotopic (exact) mass is 361 g/mol. The van der Waals surface area contributed by atoms with Crippen LogP contribution in [0.3, 0.4) is 0 Å². The van der Waals surface area contributed by atoms with Gasteiger partial charge in [0.05, 0.1) is 24.5 Å². The Morgan fingerprint density at radius 1 is 1.15 bits per heavy atom. The van der Waals surface area contributed by atoms with E-state index in [1.54, 1.807) is 11.8 Å². The Balaban J connectivity index is 1.63. The number of hydrogen-bond donors (Lipinski definition) is 1. The topological polar surface area (TPSA) is 56.1 Å². The zero-order chi connectivity index (χ0) is 18.8. The van der Waals surface area contributed by atoms with Crippen LogP contribution in [0, 0.1) is 0 Å². The molecule has 3 aromatic rings. The van der Waals surface area contributed by atoms with Gasteiger partial charge in [-0.2, -0.15) is 5.10 Å². The van der Waals surface area contributed by atoms with Crippen LogP contribution >= 0.6 is 0 Å². The highest BCUT2D eigenvalue weighted by Crippen LogP contribution is 2.39. The Kier molecular flexibility index (Phi) is 4.67. The minimum absolute atomic E-state index is 0.142. The third-order valence-electron chi connectivity index (χ3n) is 4.91. The molecule has 1 fully saturated rings. The summed E-state index contributed by atoms with van der Waals surface area (Å²) >= 11 is 0. The summed E-state index contributed by atoms with van der Waals surface area (Å²) in [6.45, 7) is 1.96. The Morgan fingerprint density at radius 2 is 1.85 bits per heavy atom. The smallest absolute Gasteiger partial charge is 0.270 e. The van der Waals surface area contributed by atoms with Gasteiger partial charge in [0.1, 0.15) is 11.4 Å². The summed E-state index contributed by atoms with van der Waals surface area (Å²) in [5, 5.41) is 7.80. The van der Waals surface area contributed by atoms with Gasteiger partial charge in [-0.25, -0.2) is 4.68 Å². The third kappa shape index (κ3) is 3.58. The van der Waals surface area contributed by atoms with E-state index < -0.39 is 0 Å². The van der Waals surface area contributed by atoms with E-state index in [9.17, 15) is 4.79 Å². The highest BCUT2D eigenvalue weighted by molar-refractivity contribution is 5.93. The molecule has 5 nitrogen and oxygen atoms in total. The van der Waals surface area contributed by atoms with Crippen LogP contribution < -0.4 is 10.1 Å². The normalized spacial score (nSPS) is 14.6. The van der Waals surface area contributed by atoms with E-state index in [-0.39, 0.29) is 11.9 Å². The number of benzene rings is 2. The molecule has 0 radical (unpaired) electrons. The SMILES string of the molecule is COc1ccccc1C(C)NC(=O)c1cc(C2CC2)nn1-c1ccccc1. The van der Waals surface area contributed by atoms with E-state index in [0.29, 0.717) is 11.6 Å². The molecule has 1 atom stereocenters. The first-order valence-corrected chi connectivity index (χ1v) is 9.26. The van der Waals surface area contributed by atoms with E-state index in [2.05, 4.69) is 5.32 Å². The molecule has 2 aromatic carbocycles. The van der Waals surface area contributed by atoms with Crippen molar-refractivity contribution in [3.8, 4) is 11.4 Å². The highest BCUT2D eigenvalue weighted by Gasteiger charge is 2.29. The van der Waals surface area contributed by atoms with Crippen LogP contribution in [0.25, 0.3) is 5.69 Å². The van der Waals surface area contributed by atoms with E-state index >= 15 is 0 Å². The summed E-state index contributed by atoms with van der Waals surface area (Å²) in [7, 11) is 1.64. The molecule has 0 spiro atoms. The first-order valence-electron chi connectivity index (χ1n) is 9.26. The lowest BCUT2D eigenvalue weighted by Crippen LogP contribution is -2.28. The number of para-hydroxylation sites is 2. The molecule has 138 valence electrons. The zero-order valence-electron chi connectivity index (χ0n) is 15.6. The van der Waals surface area contributed by atoms with Crippen LogP contribution in [0.5, 0.6) is 5.75 Å². The van der Waals surface area contributed by atoms with Crippen molar-refractivity contribution in [2.45, 2.75) is 31.7 Å². The van der Waals surface area contributed by atoms with Crippen LogP contribution in [-0.2, 0) is 0 Å². The maximum absolute atomic E-state index is 13.1. The number of aromatic nitrogens is 2. The standard InChI is InChI=1S/C22H23N3O2/c1-15(18-10-6-7-11-21(18)27-2)23-22(26)20-14-19(16-12-13-16)24-25(20)17-8-4-3-5-9-17/h3-11,14-16H,12-13H2,1-2H3,(H,23,26). The van der Waals surface area contributed by atoms with Crippen LogP contribution in [0.4, 0.5) is 0 Å². The van der Waals surface area contributed by atoms with E-state index in [1.807, 2.05) is 67.6 Å². The molecule has 1 amide bonds.